The molecule has 1 saturated heterocycles. The van der Waals surface area contributed by atoms with E-state index in [0.29, 0.717) is 19.8 Å². The summed E-state index contributed by atoms with van der Waals surface area (Å²) in [5.74, 6) is 0. The highest BCUT2D eigenvalue weighted by molar-refractivity contribution is 7.89. The number of rotatable bonds is 4. The van der Waals surface area contributed by atoms with Gasteiger partial charge in [0.15, 0.2) is 5.03 Å². The normalized spacial score (nSPS) is 19.2. The molecule has 0 bridgehead atoms. The maximum atomic E-state index is 12.2. The van der Waals surface area contributed by atoms with Crippen molar-refractivity contribution in [3.63, 3.8) is 0 Å². The molecule has 19 heavy (non-hydrogen) atoms. The molecule has 1 aliphatic rings. The topological polar surface area (TPSA) is 94.3 Å². The highest BCUT2D eigenvalue weighted by Crippen LogP contribution is 2.29. The van der Waals surface area contributed by atoms with Gasteiger partial charge in [0, 0.05) is 26.0 Å². The van der Waals surface area contributed by atoms with Crippen molar-refractivity contribution in [3.05, 3.63) is 18.3 Å². The van der Waals surface area contributed by atoms with Crippen LogP contribution in [0.2, 0.25) is 0 Å². The van der Waals surface area contributed by atoms with Crippen molar-refractivity contribution in [2.45, 2.75) is 24.8 Å². The van der Waals surface area contributed by atoms with E-state index in [1.54, 1.807) is 6.07 Å². The first-order chi connectivity index (χ1) is 8.93. The molecule has 0 aliphatic carbocycles. The number of nitrogens with one attached hydrogen (secondary N) is 1. The predicted molar refractivity (Wildman–Crippen MR) is 72.0 cm³/mol. The number of anilines is 1. The van der Waals surface area contributed by atoms with Gasteiger partial charge < -0.3 is 10.5 Å². The Hall–Kier alpha value is -1.18. The second-order valence-electron chi connectivity index (χ2n) is 5.15. The van der Waals surface area contributed by atoms with Crippen molar-refractivity contribution in [2.24, 2.45) is 5.41 Å². The van der Waals surface area contributed by atoms with Gasteiger partial charge in [-0.1, -0.05) is 6.92 Å². The van der Waals surface area contributed by atoms with E-state index < -0.39 is 10.0 Å². The summed E-state index contributed by atoms with van der Waals surface area (Å²) in [6.07, 6.45) is 3.10. The van der Waals surface area contributed by atoms with E-state index in [1.165, 1.54) is 12.3 Å². The maximum absolute atomic E-state index is 12.2. The molecule has 0 saturated carbocycles. The molecule has 106 valence electrons. The molecule has 0 spiro atoms. The van der Waals surface area contributed by atoms with E-state index in [2.05, 4.69) is 16.6 Å². The van der Waals surface area contributed by atoms with Gasteiger partial charge >= 0.3 is 0 Å². The van der Waals surface area contributed by atoms with Crippen LogP contribution < -0.4 is 10.5 Å². The zero-order valence-corrected chi connectivity index (χ0v) is 11.7. The Morgan fingerprint density at radius 2 is 2.16 bits per heavy atom. The fourth-order valence-electron chi connectivity index (χ4n) is 2.01. The van der Waals surface area contributed by atoms with E-state index in [4.69, 9.17) is 10.5 Å². The summed E-state index contributed by atoms with van der Waals surface area (Å²) in [5, 5.41) is -0.106. The Kier molecular flexibility index (Phi) is 4.07. The molecule has 2 heterocycles. The van der Waals surface area contributed by atoms with Crippen LogP contribution >= 0.6 is 0 Å². The van der Waals surface area contributed by atoms with Crippen LogP contribution in [0.3, 0.4) is 0 Å². The zero-order valence-electron chi connectivity index (χ0n) is 10.9. The van der Waals surface area contributed by atoms with E-state index in [1.807, 2.05) is 0 Å². The van der Waals surface area contributed by atoms with Crippen molar-refractivity contribution in [2.75, 3.05) is 25.5 Å². The number of ether oxygens (including phenoxy) is 1. The largest absolute Gasteiger partial charge is 0.396 e. The Balaban J connectivity index is 2.08. The van der Waals surface area contributed by atoms with Gasteiger partial charge in [0.1, 0.15) is 0 Å². The summed E-state index contributed by atoms with van der Waals surface area (Å²) in [6, 6.07) is 3.13. The van der Waals surface area contributed by atoms with Gasteiger partial charge in [-0.05, 0) is 30.4 Å². The molecule has 0 atom stereocenters. The Labute approximate surface area is 113 Å². The maximum Gasteiger partial charge on any atom is 0.260 e. The summed E-state index contributed by atoms with van der Waals surface area (Å²) < 4.78 is 32.2. The molecular weight excluding hydrogens is 266 g/mol. The highest BCUT2D eigenvalue weighted by atomic mass is 32.2. The van der Waals surface area contributed by atoms with Gasteiger partial charge in [-0.25, -0.2) is 18.1 Å². The Morgan fingerprint density at radius 3 is 2.79 bits per heavy atom. The van der Waals surface area contributed by atoms with E-state index in [9.17, 15) is 8.42 Å². The molecule has 6 nitrogen and oxygen atoms in total. The van der Waals surface area contributed by atoms with Crippen molar-refractivity contribution >= 4 is 15.7 Å². The minimum Gasteiger partial charge on any atom is -0.396 e. The number of hydrogen-bond acceptors (Lipinski definition) is 5. The summed E-state index contributed by atoms with van der Waals surface area (Å²) in [5.41, 5.74) is 5.73. The first-order valence-corrected chi connectivity index (χ1v) is 7.69. The van der Waals surface area contributed by atoms with Crippen LogP contribution in [0.15, 0.2) is 23.4 Å². The molecule has 7 heteroatoms. The number of nitrogens with two attached hydrogens (primary N) is 1. The Morgan fingerprint density at radius 1 is 1.47 bits per heavy atom. The SMILES string of the molecule is CC1(CNS(=O)(=O)c2ncccc2N)CCOCC1. The number of pyridine rings is 1. The van der Waals surface area contributed by atoms with Gasteiger partial charge in [0.25, 0.3) is 10.0 Å². The number of nitrogens with zero attached hydrogens (tertiary/aromatic N) is 1. The first kappa shape index (κ1) is 14.2. The third-order valence-electron chi connectivity index (χ3n) is 3.44. The van der Waals surface area contributed by atoms with Crippen molar-refractivity contribution in [1.29, 1.82) is 0 Å². The standard InChI is InChI=1S/C12H19N3O3S/c1-12(4-7-18-8-5-12)9-15-19(16,17)11-10(13)3-2-6-14-11/h2-3,6,15H,4-5,7-9,13H2,1H3. The quantitative estimate of drug-likeness (QED) is 0.851. The van der Waals surface area contributed by atoms with Gasteiger partial charge in [0.05, 0.1) is 5.69 Å². The number of hydrogen-bond donors (Lipinski definition) is 2. The molecule has 1 aromatic heterocycles. The second-order valence-corrected chi connectivity index (χ2v) is 6.83. The van der Waals surface area contributed by atoms with E-state index in [0.717, 1.165) is 12.8 Å². The number of aromatic nitrogens is 1. The molecule has 2 rings (SSSR count). The monoisotopic (exact) mass is 285 g/mol. The van der Waals surface area contributed by atoms with Gasteiger partial charge in [0.2, 0.25) is 0 Å². The number of nitrogen functional groups attached to an aromatic ring is 1. The number of sulfonamides is 1. The van der Waals surface area contributed by atoms with Gasteiger partial charge in [-0.2, -0.15) is 0 Å². The van der Waals surface area contributed by atoms with Crippen molar-refractivity contribution < 1.29 is 13.2 Å². The predicted octanol–water partition coefficient (Wildman–Crippen LogP) is 0.759. The molecule has 0 amide bonds. The lowest BCUT2D eigenvalue weighted by atomic mass is 9.83. The smallest absolute Gasteiger partial charge is 0.260 e. The lowest BCUT2D eigenvalue weighted by molar-refractivity contribution is 0.0264. The van der Waals surface area contributed by atoms with E-state index in [-0.39, 0.29) is 16.1 Å². The van der Waals surface area contributed by atoms with Gasteiger partial charge in [-0.15, -0.1) is 0 Å². The summed E-state index contributed by atoms with van der Waals surface area (Å²) >= 11 is 0. The second kappa shape index (κ2) is 5.44. The zero-order chi connectivity index (χ0) is 13.9. The highest BCUT2D eigenvalue weighted by Gasteiger charge is 2.30. The molecule has 3 N–H and O–H groups in total. The summed E-state index contributed by atoms with van der Waals surface area (Å²) in [6.45, 7) is 3.77. The van der Waals surface area contributed by atoms with Crippen LogP contribution in [0, 0.1) is 5.41 Å². The van der Waals surface area contributed by atoms with Crippen LogP contribution in [0.1, 0.15) is 19.8 Å². The summed E-state index contributed by atoms with van der Waals surface area (Å²) in [7, 11) is -3.66. The van der Waals surface area contributed by atoms with Crippen LogP contribution in [0.4, 0.5) is 5.69 Å². The van der Waals surface area contributed by atoms with Gasteiger partial charge in [-0.3, -0.25) is 0 Å². The summed E-state index contributed by atoms with van der Waals surface area (Å²) in [4.78, 5) is 3.84. The first-order valence-electron chi connectivity index (χ1n) is 6.21. The lowest BCUT2D eigenvalue weighted by Crippen LogP contribution is -2.39. The lowest BCUT2D eigenvalue weighted by Gasteiger charge is -2.33. The van der Waals surface area contributed by atoms with Crippen LogP contribution in [0.25, 0.3) is 0 Å². The third kappa shape index (κ3) is 3.43. The fraction of sp³-hybridized carbons (Fsp3) is 0.583. The molecule has 0 aromatic carbocycles. The fourth-order valence-corrected chi connectivity index (χ4v) is 3.26. The molecule has 0 radical (unpaired) electrons. The minimum absolute atomic E-state index is 0.0745. The third-order valence-corrected chi connectivity index (χ3v) is 4.82. The van der Waals surface area contributed by atoms with Crippen LogP contribution in [-0.4, -0.2) is 33.2 Å². The molecule has 1 aromatic rings. The molecule has 1 fully saturated rings. The minimum atomic E-state index is -3.66. The average molecular weight is 285 g/mol. The molecule has 0 unspecified atom stereocenters. The molecular formula is C12H19N3O3S. The van der Waals surface area contributed by atoms with Crippen molar-refractivity contribution in [1.82, 2.24) is 9.71 Å². The van der Waals surface area contributed by atoms with Crippen molar-refractivity contribution in [3.8, 4) is 0 Å². The average Bonchev–Trinajstić information content (AvgIpc) is 2.38. The molecule has 1 aliphatic heterocycles. The van der Waals surface area contributed by atoms with E-state index >= 15 is 0 Å². The van der Waals surface area contributed by atoms with Crippen LogP contribution in [-0.2, 0) is 14.8 Å². The van der Waals surface area contributed by atoms with Crippen LogP contribution in [0.5, 0.6) is 0 Å². The Bertz CT molecular complexity index is 539.